The third-order valence-electron chi connectivity index (χ3n) is 3.73. The van der Waals surface area contributed by atoms with Gasteiger partial charge in [0.25, 0.3) is 0 Å². The molecule has 0 saturated carbocycles. The van der Waals surface area contributed by atoms with E-state index in [1.54, 1.807) is 0 Å². The first kappa shape index (κ1) is 12.8. The van der Waals surface area contributed by atoms with E-state index in [9.17, 15) is 4.79 Å². The molecule has 0 spiro atoms. The summed E-state index contributed by atoms with van der Waals surface area (Å²) in [4.78, 5) is 16.7. The molecule has 5 heteroatoms. The van der Waals surface area contributed by atoms with Crippen LogP contribution in [0.15, 0.2) is 0 Å². The molecule has 2 rings (SSSR count). The van der Waals surface area contributed by atoms with E-state index >= 15 is 0 Å². The highest BCUT2D eigenvalue weighted by molar-refractivity contribution is 5.79. The molecule has 0 aromatic heterocycles. The lowest BCUT2D eigenvalue weighted by atomic mass is 9.96. The first-order valence-corrected chi connectivity index (χ1v) is 6.73. The SMILES string of the molecule is NCCN1CCCC(C(=O)N2CCNCC2)C1. The van der Waals surface area contributed by atoms with Gasteiger partial charge >= 0.3 is 0 Å². The largest absolute Gasteiger partial charge is 0.340 e. The molecule has 17 heavy (non-hydrogen) atoms. The van der Waals surface area contributed by atoms with Crippen LogP contribution in [-0.2, 0) is 4.79 Å². The second-order valence-electron chi connectivity index (χ2n) is 5.00. The van der Waals surface area contributed by atoms with Gasteiger partial charge in [0, 0.05) is 45.8 Å². The number of carbonyl (C=O) groups excluding carboxylic acids is 1. The number of piperidine rings is 1. The van der Waals surface area contributed by atoms with Gasteiger partial charge in [-0.05, 0) is 19.4 Å². The van der Waals surface area contributed by atoms with Crippen LogP contribution >= 0.6 is 0 Å². The van der Waals surface area contributed by atoms with Gasteiger partial charge < -0.3 is 20.9 Å². The predicted molar refractivity (Wildman–Crippen MR) is 67.7 cm³/mol. The van der Waals surface area contributed by atoms with Crippen molar-refractivity contribution in [2.75, 3.05) is 52.4 Å². The number of rotatable bonds is 3. The summed E-state index contributed by atoms with van der Waals surface area (Å²) in [5.41, 5.74) is 5.58. The fourth-order valence-electron chi connectivity index (χ4n) is 2.79. The van der Waals surface area contributed by atoms with Crippen molar-refractivity contribution < 1.29 is 4.79 Å². The number of hydrogen-bond acceptors (Lipinski definition) is 4. The zero-order valence-corrected chi connectivity index (χ0v) is 10.5. The molecule has 1 amide bonds. The lowest BCUT2D eigenvalue weighted by Crippen LogP contribution is -2.51. The monoisotopic (exact) mass is 240 g/mol. The Morgan fingerprint density at radius 2 is 2.06 bits per heavy atom. The minimum atomic E-state index is 0.202. The van der Waals surface area contributed by atoms with E-state index in [0.29, 0.717) is 12.5 Å². The summed E-state index contributed by atoms with van der Waals surface area (Å²) < 4.78 is 0. The van der Waals surface area contributed by atoms with Gasteiger partial charge in [-0.1, -0.05) is 0 Å². The number of nitrogens with one attached hydrogen (secondary N) is 1. The summed E-state index contributed by atoms with van der Waals surface area (Å²) in [7, 11) is 0. The molecule has 0 aromatic rings. The maximum absolute atomic E-state index is 12.3. The molecule has 0 radical (unpaired) electrons. The molecule has 2 aliphatic rings. The molecule has 2 aliphatic heterocycles. The molecule has 98 valence electrons. The van der Waals surface area contributed by atoms with Crippen LogP contribution in [0.2, 0.25) is 0 Å². The summed E-state index contributed by atoms with van der Waals surface area (Å²) in [6.45, 7) is 7.22. The second-order valence-corrected chi connectivity index (χ2v) is 5.00. The quantitative estimate of drug-likeness (QED) is 0.670. The van der Waals surface area contributed by atoms with Gasteiger partial charge in [-0.3, -0.25) is 4.79 Å². The van der Waals surface area contributed by atoms with Gasteiger partial charge in [-0.15, -0.1) is 0 Å². The molecule has 3 N–H and O–H groups in total. The van der Waals surface area contributed by atoms with Crippen molar-refractivity contribution in [3.63, 3.8) is 0 Å². The number of piperazine rings is 1. The van der Waals surface area contributed by atoms with Crippen LogP contribution in [0.25, 0.3) is 0 Å². The topological polar surface area (TPSA) is 61.6 Å². The van der Waals surface area contributed by atoms with Crippen molar-refractivity contribution >= 4 is 5.91 Å². The summed E-state index contributed by atoms with van der Waals surface area (Å²) in [6, 6.07) is 0. The van der Waals surface area contributed by atoms with Gasteiger partial charge in [-0.25, -0.2) is 0 Å². The molecule has 2 saturated heterocycles. The molecule has 0 aromatic carbocycles. The Labute approximate surface area is 103 Å². The Morgan fingerprint density at radius 1 is 1.29 bits per heavy atom. The third kappa shape index (κ3) is 3.40. The minimum absolute atomic E-state index is 0.202. The summed E-state index contributed by atoms with van der Waals surface area (Å²) in [6.07, 6.45) is 2.17. The first-order valence-electron chi connectivity index (χ1n) is 6.73. The van der Waals surface area contributed by atoms with Gasteiger partial charge in [0.05, 0.1) is 5.92 Å². The fraction of sp³-hybridized carbons (Fsp3) is 0.917. The van der Waals surface area contributed by atoms with Crippen molar-refractivity contribution in [1.29, 1.82) is 0 Å². The van der Waals surface area contributed by atoms with Gasteiger partial charge in [0.2, 0.25) is 5.91 Å². The Kier molecular flexibility index (Phi) is 4.76. The Morgan fingerprint density at radius 3 is 2.76 bits per heavy atom. The van der Waals surface area contributed by atoms with Gasteiger partial charge in [0.15, 0.2) is 0 Å². The molecular formula is C12H24N4O. The van der Waals surface area contributed by atoms with Crippen LogP contribution in [0.3, 0.4) is 0 Å². The standard InChI is InChI=1S/C12H24N4O/c13-3-7-15-6-1-2-11(10-15)12(17)16-8-4-14-5-9-16/h11,14H,1-10,13H2. The van der Waals surface area contributed by atoms with E-state index in [4.69, 9.17) is 5.73 Å². The van der Waals surface area contributed by atoms with E-state index < -0.39 is 0 Å². The molecule has 0 aliphatic carbocycles. The molecular weight excluding hydrogens is 216 g/mol. The summed E-state index contributed by atoms with van der Waals surface area (Å²) in [5, 5.41) is 3.28. The average Bonchev–Trinajstić information content (AvgIpc) is 2.40. The molecule has 0 bridgehead atoms. The van der Waals surface area contributed by atoms with Gasteiger partial charge in [0.1, 0.15) is 0 Å². The fourth-order valence-corrected chi connectivity index (χ4v) is 2.79. The van der Waals surface area contributed by atoms with Gasteiger partial charge in [-0.2, -0.15) is 0 Å². The van der Waals surface area contributed by atoms with Crippen LogP contribution in [-0.4, -0.2) is 68.1 Å². The van der Waals surface area contributed by atoms with E-state index in [2.05, 4.69) is 10.2 Å². The normalized spacial score (nSPS) is 27.1. The highest BCUT2D eigenvalue weighted by Crippen LogP contribution is 2.18. The lowest BCUT2D eigenvalue weighted by molar-refractivity contribution is -0.137. The van der Waals surface area contributed by atoms with Crippen LogP contribution < -0.4 is 11.1 Å². The zero-order chi connectivity index (χ0) is 12.1. The average molecular weight is 240 g/mol. The number of nitrogens with zero attached hydrogens (tertiary/aromatic N) is 2. The van der Waals surface area contributed by atoms with E-state index in [1.807, 2.05) is 4.90 Å². The van der Waals surface area contributed by atoms with Crippen LogP contribution in [0.5, 0.6) is 0 Å². The summed E-state index contributed by atoms with van der Waals surface area (Å²) >= 11 is 0. The predicted octanol–water partition coefficient (Wildman–Crippen LogP) is -0.911. The first-order chi connectivity index (χ1) is 8.31. The molecule has 2 fully saturated rings. The Balaban J connectivity index is 1.85. The Bertz CT molecular complexity index is 251. The third-order valence-corrected chi connectivity index (χ3v) is 3.73. The van der Waals surface area contributed by atoms with Crippen molar-refractivity contribution in [2.45, 2.75) is 12.8 Å². The zero-order valence-electron chi connectivity index (χ0n) is 10.5. The maximum Gasteiger partial charge on any atom is 0.227 e. The highest BCUT2D eigenvalue weighted by atomic mass is 16.2. The van der Waals surface area contributed by atoms with E-state index in [-0.39, 0.29) is 5.92 Å². The highest BCUT2D eigenvalue weighted by Gasteiger charge is 2.29. The second kappa shape index (κ2) is 6.33. The molecule has 1 atom stereocenters. The number of nitrogens with two attached hydrogens (primary N) is 1. The van der Waals surface area contributed by atoms with Crippen molar-refractivity contribution in [3.8, 4) is 0 Å². The van der Waals surface area contributed by atoms with Crippen LogP contribution in [0.4, 0.5) is 0 Å². The van der Waals surface area contributed by atoms with Crippen LogP contribution in [0, 0.1) is 5.92 Å². The van der Waals surface area contributed by atoms with Crippen molar-refractivity contribution in [1.82, 2.24) is 15.1 Å². The molecule has 1 unspecified atom stereocenters. The Hall–Kier alpha value is -0.650. The number of carbonyl (C=O) groups is 1. The van der Waals surface area contributed by atoms with Crippen molar-refractivity contribution in [2.24, 2.45) is 11.7 Å². The van der Waals surface area contributed by atoms with E-state index in [1.165, 1.54) is 0 Å². The van der Waals surface area contributed by atoms with E-state index in [0.717, 1.165) is 58.7 Å². The lowest BCUT2D eigenvalue weighted by Gasteiger charge is -2.36. The smallest absolute Gasteiger partial charge is 0.227 e. The number of amides is 1. The number of hydrogen-bond donors (Lipinski definition) is 2. The molecule has 5 nitrogen and oxygen atoms in total. The maximum atomic E-state index is 12.3. The van der Waals surface area contributed by atoms with Crippen LogP contribution in [0.1, 0.15) is 12.8 Å². The molecule has 2 heterocycles. The summed E-state index contributed by atoms with van der Waals surface area (Å²) in [5.74, 6) is 0.557. The van der Waals surface area contributed by atoms with Crippen molar-refractivity contribution in [3.05, 3.63) is 0 Å². The minimum Gasteiger partial charge on any atom is -0.340 e. The number of likely N-dealkylation sites (tertiary alicyclic amines) is 1.